The van der Waals surface area contributed by atoms with Crippen LogP contribution in [0, 0.1) is 0 Å². The third-order valence-corrected chi connectivity index (χ3v) is 1.10. The topological polar surface area (TPSA) is 23.1 Å². The van der Waals surface area contributed by atoms with Gasteiger partial charge in [-0.1, -0.05) is 11.8 Å². The van der Waals surface area contributed by atoms with Gasteiger partial charge in [0.15, 0.2) is 0 Å². The molecular weight excluding hydrogens is 110 g/mol. The fourth-order valence-electron chi connectivity index (χ4n) is 0.0373. The van der Waals surface area contributed by atoms with Crippen molar-refractivity contribution in [1.29, 1.82) is 0 Å². The smallest absolute Gasteiger partial charge is 0.854 e. The zero-order valence-corrected chi connectivity index (χ0v) is 5.39. The van der Waals surface area contributed by atoms with Gasteiger partial charge in [-0.2, -0.15) is 0 Å². The molecular formula is C2H4LiOPS. The van der Waals surface area contributed by atoms with Crippen molar-refractivity contribution in [2.24, 2.45) is 0 Å². The van der Waals surface area contributed by atoms with E-state index in [0.29, 0.717) is 6.16 Å². The maximum absolute atomic E-state index is 9.46. The molecule has 0 spiro atoms. The maximum atomic E-state index is 9.46. The summed E-state index contributed by atoms with van der Waals surface area (Å²) in [7, 11) is 0.801. The van der Waals surface area contributed by atoms with Gasteiger partial charge in [-0.15, -0.1) is 6.61 Å². The summed E-state index contributed by atoms with van der Waals surface area (Å²) in [5.41, 5.74) is 0. The van der Waals surface area contributed by atoms with Gasteiger partial charge in [-0.05, 0) is 13.5 Å². The Kier molecular flexibility index (Phi) is 15.9. The molecule has 0 N–H and O–H groups in total. The van der Waals surface area contributed by atoms with Crippen LogP contribution in [0.2, 0.25) is 0 Å². The summed E-state index contributed by atoms with van der Waals surface area (Å²) in [6, 6.07) is 0. The Morgan fingerprint density at radius 1 is 1.67 bits per heavy atom. The van der Waals surface area contributed by atoms with E-state index in [-0.39, 0.29) is 25.5 Å². The molecule has 0 aromatic heterocycles. The molecule has 1 nitrogen and oxygen atoms in total. The van der Waals surface area contributed by atoms with Crippen molar-refractivity contribution in [1.82, 2.24) is 0 Å². The van der Waals surface area contributed by atoms with E-state index in [4.69, 9.17) is 0 Å². The van der Waals surface area contributed by atoms with Gasteiger partial charge < -0.3 is 5.11 Å². The summed E-state index contributed by atoms with van der Waals surface area (Å²) < 4.78 is 0. The second kappa shape index (κ2) is 9.42. The van der Waals surface area contributed by atoms with Crippen LogP contribution in [0.1, 0.15) is 0 Å². The summed E-state index contributed by atoms with van der Waals surface area (Å²) in [6.07, 6.45) is 0.620. The molecule has 0 fully saturated rings. The summed E-state index contributed by atoms with van der Waals surface area (Å²) >= 11 is 4.42. The van der Waals surface area contributed by atoms with Crippen LogP contribution in [0.4, 0.5) is 0 Å². The first-order chi connectivity index (χ1) is 2.41. The Morgan fingerprint density at radius 3 is 2.17 bits per heavy atom. The molecule has 0 rings (SSSR count). The summed E-state index contributed by atoms with van der Waals surface area (Å²) in [6.45, 7) is -0.0228. The van der Waals surface area contributed by atoms with Crippen LogP contribution in [0.5, 0.6) is 0 Å². The average Bonchev–Trinajstić information content (AvgIpc) is 1.41. The first kappa shape index (κ1) is 10.1. The number of hydrogen-bond donors (Lipinski definition) is 0. The molecule has 6 heavy (non-hydrogen) atoms. The Morgan fingerprint density at radius 2 is 2.17 bits per heavy atom. The monoisotopic (exact) mass is 114 g/mol. The van der Waals surface area contributed by atoms with Gasteiger partial charge in [0, 0.05) is 0 Å². The normalized spacial score (nSPS) is 7.50. The van der Waals surface area contributed by atoms with Crippen molar-refractivity contribution < 1.29 is 24.0 Å². The van der Waals surface area contributed by atoms with E-state index in [9.17, 15) is 5.11 Å². The SMILES string of the molecule is [Li+].[O-]CCP=S. The van der Waals surface area contributed by atoms with Gasteiger partial charge in [0.25, 0.3) is 0 Å². The third kappa shape index (κ3) is 8.91. The van der Waals surface area contributed by atoms with Crippen molar-refractivity contribution in [3.8, 4) is 0 Å². The fraction of sp³-hybridized carbons (Fsp3) is 1.00. The Bertz CT molecular complexity index is 34.7. The van der Waals surface area contributed by atoms with Crippen LogP contribution in [0.25, 0.3) is 0 Å². The second-order valence-electron chi connectivity index (χ2n) is 0.557. The van der Waals surface area contributed by atoms with Crippen LogP contribution >= 0.6 is 7.36 Å². The van der Waals surface area contributed by atoms with E-state index in [1.165, 1.54) is 0 Å². The van der Waals surface area contributed by atoms with Crippen molar-refractivity contribution in [3.63, 3.8) is 0 Å². The molecule has 0 aromatic rings. The minimum Gasteiger partial charge on any atom is -0.854 e. The first-order valence-electron chi connectivity index (χ1n) is 1.29. The van der Waals surface area contributed by atoms with E-state index < -0.39 is 0 Å². The van der Waals surface area contributed by atoms with Crippen molar-refractivity contribution in [3.05, 3.63) is 0 Å². The molecule has 0 aliphatic carbocycles. The van der Waals surface area contributed by atoms with Gasteiger partial charge in [-0.3, -0.25) is 0 Å². The van der Waals surface area contributed by atoms with Gasteiger partial charge in [0.05, 0.1) is 0 Å². The van der Waals surface area contributed by atoms with E-state index in [2.05, 4.69) is 11.8 Å². The maximum Gasteiger partial charge on any atom is 1.00 e. The molecule has 0 saturated carbocycles. The van der Waals surface area contributed by atoms with Crippen LogP contribution < -0.4 is 24.0 Å². The molecule has 0 bridgehead atoms. The molecule has 30 valence electrons. The number of rotatable bonds is 2. The van der Waals surface area contributed by atoms with Crippen molar-refractivity contribution in [2.75, 3.05) is 12.8 Å². The van der Waals surface area contributed by atoms with Gasteiger partial charge >= 0.3 is 18.9 Å². The predicted molar refractivity (Wildman–Crippen MR) is 24.0 cm³/mol. The minimum atomic E-state index is -0.0228. The molecule has 0 heterocycles. The minimum absolute atomic E-state index is 0. The Balaban J connectivity index is 0. The van der Waals surface area contributed by atoms with Crippen molar-refractivity contribution in [2.45, 2.75) is 0 Å². The zero-order valence-electron chi connectivity index (χ0n) is 3.68. The Labute approximate surface area is 56.1 Å². The van der Waals surface area contributed by atoms with E-state index >= 15 is 0 Å². The molecule has 0 aromatic carbocycles. The van der Waals surface area contributed by atoms with Crippen molar-refractivity contribution >= 4 is 19.2 Å². The quantitative estimate of drug-likeness (QED) is 0.278. The largest absolute Gasteiger partial charge is 1.00 e. The van der Waals surface area contributed by atoms with Gasteiger partial charge in [-0.25, -0.2) is 0 Å². The molecule has 0 amide bonds. The van der Waals surface area contributed by atoms with E-state index in [1.807, 2.05) is 0 Å². The molecule has 0 unspecified atom stereocenters. The van der Waals surface area contributed by atoms with Crippen LogP contribution in [-0.2, 0) is 11.8 Å². The van der Waals surface area contributed by atoms with Crippen LogP contribution in [-0.4, -0.2) is 12.8 Å². The molecule has 0 saturated heterocycles. The summed E-state index contributed by atoms with van der Waals surface area (Å²) in [5.74, 6) is 0. The van der Waals surface area contributed by atoms with Crippen LogP contribution in [0.15, 0.2) is 0 Å². The van der Waals surface area contributed by atoms with Gasteiger partial charge in [0.2, 0.25) is 0 Å². The second-order valence-corrected chi connectivity index (χ2v) is 2.04. The Hall–Kier alpha value is 1.08. The first-order valence-corrected chi connectivity index (χ1v) is 3.38. The predicted octanol–water partition coefficient (Wildman–Crippen LogP) is -3.24. The summed E-state index contributed by atoms with van der Waals surface area (Å²) in [4.78, 5) is 0. The zero-order chi connectivity index (χ0) is 4.12. The third-order valence-electron chi connectivity index (χ3n) is 0.183. The standard InChI is InChI=1S/C2H4OPS.Li/c3-1-2-4-5;/h1-2H2;/q-1;+1. The molecule has 0 aliphatic heterocycles. The van der Waals surface area contributed by atoms with Crippen LogP contribution in [0.3, 0.4) is 0 Å². The molecule has 0 aliphatic rings. The fourth-order valence-corrected chi connectivity index (χ4v) is 0.335. The molecule has 4 heteroatoms. The molecule has 0 atom stereocenters. The molecule has 0 radical (unpaired) electrons. The average molecular weight is 114 g/mol. The van der Waals surface area contributed by atoms with E-state index in [0.717, 1.165) is 7.36 Å². The van der Waals surface area contributed by atoms with E-state index in [1.54, 1.807) is 0 Å². The number of hydrogen-bond acceptors (Lipinski definition) is 2. The van der Waals surface area contributed by atoms with Gasteiger partial charge in [0.1, 0.15) is 0 Å². The summed E-state index contributed by atoms with van der Waals surface area (Å²) in [5, 5.41) is 9.46.